The van der Waals surface area contributed by atoms with E-state index in [1.807, 2.05) is 37.3 Å². The number of carbonyl (C=O) groups is 1. The Labute approximate surface area is 158 Å². The van der Waals surface area contributed by atoms with Gasteiger partial charge in [0.15, 0.2) is 0 Å². The van der Waals surface area contributed by atoms with Crippen molar-refractivity contribution in [1.29, 1.82) is 0 Å². The van der Waals surface area contributed by atoms with Gasteiger partial charge < -0.3 is 10.2 Å². The Morgan fingerprint density at radius 2 is 2.00 bits per heavy atom. The van der Waals surface area contributed by atoms with Crippen molar-refractivity contribution in [3.05, 3.63) is 60.2 Å². The third kappa shape index (κ3) is 3.74. The average molecular weight is 361 g/mol. The maximum absolute atomic E-state index is 12.8. The van der Waals surface area contributed by atoms with E-state index < -0.39 is 0 Å². The molecule has 1 N–H and O–H groups in total. The highest BCUT2D eigenvalue weighted by atomic mass is 16.1. The summed E-state index contributed by atoms with van der Waals surface area (Å²) in [6, 6.07) is 9.34. The second-order valence-corrected chi connectivity index (χ2v) is 6.96. The van der Waals surface area contributed by atoms with Crippen LogP contribution in [0.5, 0.6) is 0 Å². The van der Waals surface area contributed by atoms with Gasteiger partial charge in [-0.15, -0.1) is 0 Å². The summed E-state index contributed by atoms with van der Waals surface area (Å²) in [5.74, 6) is 0.816. The van der Waals surface area contributed by atoms with Crippen molar-refractivity contribution in [3.8, 4) is 0 Å². The van der Waals surface area contributed by atoms with Crippen LogP contribution >= 0.6 is 0 Å². The van der Waals surface area contributed by atoms with Gasteiger partial charge in [-0.2, -0.15) is 0 Å². The predicted molar refractivity (Wildman–Crippen MR) is 106 cm³/mol. The molecule has 1 fully saturated rings. The van der Waals surface area contributed by atoms with Crippen LogP contribution in [0.2, 0.25) is 0 Å². The van der Waals surface area contributed by atoms with Gasteiger partial charge in [0.2, 0.25) is 0 Å². The number of fused-ring (bicyclic) bond motifs is 1. The Kier molecular flexibility index (Phi) is 4.96. The number of amides is 1. The average Bonchev–Trinajstić information content (AvgIpc) is 2.74. The first kappa shape index (κ1) is 17.4. The molecule has 1 saturated heterocycles. The standard InChI is InChI=1S/C21H23N5O/c1-15(17-6-5-9-22-13-17)25-21(27)16-7-8-19-18(12-16)20(24-14-23-19)26-10-3-2-4-11-26/h5-9,12-15H,2-4,10-11H2,1H3,(H,25,27)/t15-/m0/s1. The molecular formula is C21H23N5O. The van der Waals surface area contributed by atoms with Crippen LogP contribution in [-0.4, -0.2) is 33.9 Å². The number of piperidine rings is 1. The zero-order valence-corrected chi connectivity index (χ0v) is 15.4. The largest absolute Gasteiger partial charge is 0.356 e. The van der Waals surface area contributed by atoms with Crippen molar-refractivity contribution in [2.45, 2.75) is 32.2 Å². The summed E-state index contributed by atoms with van der Waals surface area (Å²) in [5, 5.41) is 3.97. The molecule has 1 atom stereocenters. The zero-order valence-electron chi connectivity index (χ0n) is 15.4. The number of nitrogens with one attached hydrogen (secondary N) is 1. The molecule has 3 heterocycles. The third-order valence-electron chi connectivity index (χ3n) is 5.06. The number of benzene rings is 1. The zero-order chi connectivity index (χ0) is 18.6. The van der Waals surface area contributed by atoms with E-state index in [2.05, 4.69) is 25.2 Å². The van der Waals surface area contributed by atoms with Crippen molar-refractivity contribution >= 4 is 22.6 Å². The van der Waals surface area contributed by atoms with Gasteiger partial charge in [-0.05, 0) is 56.0 Å². The van der Waals surface area contributed by atoms with E-state index >= 15 is 0 Å². The summed E-state index contributed by atoms with van der Waals surface area (Å²) in [6.45, 7) is 3.96. The van der Waals surface area contributed by atoms with Gasteiger partial charge in [-0.25, -0.2) is 9.97 Å². The molecule has 6 nitrogen and oxygen atoms in total. The lowest BCUT2D eigenvalue weighted by molar-refractivity contribution is 0.0940. The van der Waals surface area contributed by atoms with E-state index in [0.717, 1.165) is 35.4 Å². The normalized spacial score (nSPS) is 15.5. The van der Waals surface area contributed by atoms with Gasteiger partial charge in [-0.3, -0.25) is 9.78 Å². The molecule has 1 amide bonds. The van der Waals surface area contributed by atoms with E-state index in [9.17, 15) is 4.79 Å². The molecule has 4 rings (SSSR count). The molecule has 2 aromatic heterocycles. The molecule has 3 aromatic rings. The number of rotatable bonds is 4. The molecule has 0 saturated carbocycles. The molecule has 1 aliphatic rings. The maximum atomic E-state index is 12.8. The van der Waals surface area contributed by atoms with Crippen LogP contribution in [-0.2, 0) is 0 Å². The summed E-state index contributed by atoms with van der Waals surface area (Å²) in [4.78, 5) is 28.1. The number of pyridine rings is 1. The lowest BCUT2D eigenvalue weighted by Crippen LogP contribution is -2.30. The summed E-state index contributed by atoms with van der Waals surface area (Å²) < 4.78 is 0. The number of hydrogen-bond acceptors (Lipinski definition) is 5. The molecule has 6 heteroatoms. The highest BCUT2D eigenvalue weighted by Gasteiger charge is 2.17. The van der Waals surface area contributed by atoms with Crippen LogP contribution < -0.4 is 10.2 Å². The van der Waals surface area contributed by atoms with Gasteiger partial charge in [-0.1, -0.05) is 6.07 Å². The summed E-state index contributed by atoms with van der Waals surface area (Å²) in [7, 11) is 0. The van der Waals surface area contributed by atoms with Crippen molar-refractivity contribution in [3.63, 3.8) is 0 Å². The molecule has 1 aromatic carbocycles. The highest BCUT2D eigenvalue weighted by molar-refractivity contribution is 6.00. The van der Waals surface area contributed by atoms with Gasteiger partial charge >= 0.3 is 0 Å². The van der Waals surface area contributed by atoms with Gasteiger partial charge in [0.1, 0.15) is 12.1 Å². The van der Waals surface area contributed by atoms with Gasteiger partial charge in [0.25, 0.3) is 5.91 Å². The maximum Gasteiger partial charge on any atom is 0.251 e. The predicted octanol–water partition coefficient (Wildman–Crippen LogP) is 3.51. The first-order chi connectivity index (χ1) is 13.2. The molecule has 0 unspecified atom stereocenters. The Morgan fingerprint density at radius 3 is 2.78 bits per heavy atom. The molecule has 1 aliphatic heterocycles. The van der Waals surface area contributed by atoms with Crippen LogP contribution in [0.4, 0.5) is 5.82 Å². The molecule has 0 bridgehead atoms. The second kappa shape index (κ2) is 7.70. The Balaban J connectivity index is 1.61. The fourth-order valence-electron chi connectivity index (χ4n) is 3.54. The van der Waals surface area contributed by atoms with E-state index in [0.29, 0.717) is 5.56 Å². The van der Waals surface area contributed by atoms with E-state index in [1.54, 1.807) is 18.7 Å². The lowest BCUT2D eigenvalue weighted by atomic mass is 10.1. The van der Waals surface area contributed by atoms with Crippen molar-refractivity contribution in [2.75, 3.05) is 18.0 Å². The number of nitrogens with zero attached hydrogens (tertiary/aromatic N) is 4. The number of aromatic nitrogens is 3. The van der Waals surface area contributed by atoms with Gasteiger partial charge in [0.05, 0.1) is 11.6 Å². The number of hydrogen-bond donors (Lipinski definition) is 1. The SMILES string of the molecule is C[C@H](NC(=O)c1ccc2ncnc(N3CCCCC3)c2c1)c1cccnc1. The Bertz CT molecular complexity index is 938. The molecule has 0 aliphatic carbocycles. The summed E-state index contributed by atoms with van der Waals surface area (Å²) in [6.07, 6.45) is 8.72. The smallest absolute Gasteiger partial charge is 0.251 e. The molecule has 0 spiro atoms. The fourth-order valence-corrected chi connectivity index (χ4v) is 3.54. The van der Waals surface area contributed by atoms with E-state index in [-0.39, 0.29) is 11.9 Å². The second-order valence-electron chi connectivity index (χ2n) is 6.96. The summed E-state index contributed by atoms with van der Waals surface area (Å²) in [5.41, 5.74) is 2.46. The minimum Gasteiger partial charge on any atom is -0.356 e. The molecular weight excluding hydrogens is 338 g/mol. The molecule has 0 radical (unpaired) electrons. The Hall–Kier alpha value is -3.02. The minimum absolute atomic E-state index is 0.110. The van der Waals surface area contributed by atoms with E-state index in [4.69, 9.17) is 0 Å². The minimum atomic E-state index is -0.115. The number of anilines is 1. The fraction of sp³-hybridized carbons (Fsp3) is 0.333. The van der Waals surface area contributed by atoms with Crippen LogP contribution in [0.25, 0.3) is 10.9 Å². The van der Waals surface area contributed by atoms with Gasteiger partial charge in [0, 0.05) is 36.4 Å². The van der Waals surface area contributed by atoms with Crippen molar-refractivity contribution in [2.24, 2.45) is 0 Å². The molecule has 138 valence electrons. The third-order valence-corrected chi connectivity index (χ3v) is 5.06. The lowest BCUT2D eigenvalue weighted by Gasteiger charge is -2.28. The monoisotopic (exact) mass is 361 g/mol. The highest BCUT2D eigenvalue weighted by Crippen LogP contribution is 2.26. The van der Waals surface area contributed by atoms with Crippen molar-refractivity contribution < 1.29 is 4.79 Å². The Morgan fingerprint density at radius 1 is 1.15 bits per heavy atom. The number of carbonyl (C=O) groups excluding carboxylic acids is 1. The summed E-state index contributed by atoms with van der Waals surface area (Å²) >= 11 is 0. The van der Waals surface area contributed by atoms with Crippen LogP contribution in [0, 0.1) is 0 Å². The topological polar surface area (TPSA) is 71.0 Å². The first-order valence-electron chi connectivity index (χ1n) is 9.43. The van der Waals surface area contributed by atoms with Crippen LogP contribution in [0.3, 0.4) is 0 Å². The van der Waals surface area contributed by atoms with Crippen LogP contribution in [0.1, 0.15) is 48.1 Å². The van der Waals surface area contributed by atoms with Crippen molar-refractivity contribution in [1.82, 2.24) is 20.3 Å². The quantitative estimate of drug-likeness (QED) is 0.770. The van der Waals surface area contributed by atoms with E-state index in [1.165, 1.54) is 19.3 Å². The molecule has 27 heavy (non-hydrogen) atoms. The van der Waals surface area contributed by atoms with Crippen LogP contribution in [0.15, 0.2) is 49.1 Å². The first-order valence-corrected chi connectivity index (χ1v) is 9.43.